The van der Waals surface area contributed by atoms with Crippen molar-refractivity contribution in [3.63, 3.8) is 0 Å². The number of nitriles is 1. The number of halogens is 3. The molecule has 4 nitrogen and oxygen atoms in total. The van der Waals surface area contributed by atoms with Gasteiger partial charge in [0.05, 0.1) is 30.4 Å². The van der Waals surface area contributed by atoms with Gasteiger partial charge >= 0.3 is 11.5 Å². The predicted octanol–water partition coefficient (Wildman–Crippen LogP) is 2.84. The first kappa shape index (κ1) is 16.3. The minimum atomic E-state index is -4.54. The van der Waals surface area contributed by atoms with Crippen LogP contribution in [0.4, 0.5) is 13.2 Å². The highest BCUT2D eigenvalue weighted by molar-refractivity contribution is 8.00. The lowest BCUT2D eigenvalue weighted by atomic mass is 10.0. The fourth-order valence-electron chi connectivity index (χ4n) is 1.50. The van der Waals surface area contributed by atoms with Crippen LogP contribution in [0.5, 0.6) is 0 Å². The van der Waals surface area contributed by atoms with Crippen LogP contribution in [-0.2, 0) is 11.3 Å². The maximum absolute atomic E-state index is 12.4. The summed E-state index contributed by atoms with van der Waals surface area (Å²) < 4.78 is 41.8. The number of hydrogen-bond acceptors (Lipinski definition) is 5. The van der Waals surface area contributed by atoms with Crippen LogP contribution in [0, 0.1) is 11.3 Å². The summed E-state index contributed by atoms with van der Waals surface area (Å²) >= 11 is -0.441. The zero-order valence-corrected chi connectivity index (χ0v) is 11.1. The van der Waals surface area contributed by atoms with E-state index in [9.17, 15) is 23.1 Å². The zero-order valence-electron chi connectivity index (χ0n) is 10.3. The number of nitrogens with zero attached hydrogens (tertiary/aromatic N) is 1. The van der Waals surface area contributed by atoms with E-state index in [1.54, 1.807) is 6.07 Å². The molecule has 0 aromatic heterocycles. The third kappa shape index (κ3) is 4.15. The van der Waals surface area contributed by atoms with Crippen molar-refractivity contribution in [2.75, 3.05) is 6.61 Å². The smallest absolute Gasteiger partial charge is 0.446 e. The van der Waals surface area contributed by atoms with Crippen molar-refractivity contribution < 1.29 is 27.8 Å². The molecule has 20 heavy (non-hydrogen) atoms. The number of benzene rings is 1. The second-order valence-electron chi connectivity index (χ2n) is 3.54. The van der Waals surface area contributed by atoms with Crippen LogP contribution < -0.4 is 0 Å². The van der Waals surface area contributed by atoms with Crippen LogP contribution >= 0.6 is 11.8 Å². The van der Waals surface area contributed by atoms with E-state index in [1.807, 2.05) is 0 Å². The summed E-state index contributed by atoms with van der Waals surface area (Å²) in [6.45, 7) is 0.923. The number of ether oxygens (including phenoxy) is 1. The molecule has 0 atom stereocenters. The minimum Gasteiger partial charge on any atom is -0.462 e. The number of carbonyl (C=O) groups excluding carboxylic acids is 1. The summed E-state index contributed by atoms with van der Waals surface area (Å²) in [5.41, 5.74) is -5.01. The maximum atomic E-state index is 12.4. The van der Waals surface area contributed by atoms with Crippen LogP contribution in [0.1, 0.15) is 28.4 Å². The monoisotopic (exact) mass is 305 g/mol. The second kappa shape index (κ2) is 6.63. The molecule has 1 N–H and O–H groups in total. The number of esters is 1. The highest BCUT2D eigenvalue weighted by atomic mass is 32.2. The maximum Gasteiger partial charge on any atom is 0.446 e. The van der Waals surface area contributed by atoms with E-state index in [2.05, 4.69) is 0 Å². The standard InChI is InChI=1S/C12H10F3NO3S/c1-2-19-11(18)9-4-8(20-12(13,14)15)3-7(5-16)10(9)6-17/h3-4,17H,2,6H2,1H3. The number of aliphatic hydroxyl groups is 1. The zero-order chi connectivity index (χ0) is 15.3. The van der Waals surface area contributed by atoms with E-state index in [1.165, 1.54) is 6.92 Å². The molecule has 0 unspecified atom stereocenters. The van der Waals surface area contributed by atoms with Crippen molar-refractivity contribution in [2.45, 2.75) is 23.9 Å². The molecule has 0 bridgehead atoms. The average Bonchev–Trinajstić information content (AvgIpc) is 2.35. The van der Waals surface area contributed by atoms with E-state index in [0.29, 0.717) is 0 Å². The van der Waals surface area contributed by atoms with E-state index in [0.717, 1.165) is 12.1 Å². The normalized spacial score (nSPS) is 11.0. The lowest BCUT2D eigenvalue weighted by Crippen LogP contribution is -2.11. The van der Waals surface area contributed by atoms with Gasteiger partial charge in [0.15, 0.2) is 0 Å². The van der Waals surface area contributed by atoms with Crippen molar-refractivity contribution in [3.05, 3.63) is 28.8 Å². The summed E-state index contributed by atoms with van der Waals surface area (Å²) in [5.74, 6) is -0.877. The number of carbonyl (C=O) groups is 1. The number of thioether (sulfide) groups is 1. The van der Waals surface area contributed by atoms with Gasteiger partial charge in [-0.2, -0.15) is 18.4 Å². The molecule has 0 spiro atoms. The molecule has 1 aromatic rings. The molecule has 0 aliphatic rings. The van der Waals surface area contributed by atoms with Crippen molar-refractivity contribution in [1.82, 2.24) is 0 Å². The van der Waals surface area contributed by atoms with Gasteiger partial charge < -0.3 is 9.84 Å². The van der Waals surface area contributed by atoms with E-state index < -0.39 is 29.8 Å². The Morgan fingerprint density at radius 1 is 1.50 bits per heavy atom. The van der Waals surface area contributed by atoms with Gasteiger partial charge in [0.2, 0.25) is 0 Å². The van der Waals surface area contributed by atoms with Gasteiger partial charge in [-0.3, -0.25) is 0 Å². The van der Waals surface area contributed by atoms with E-state index in [-0.39, 0.29) is 28.2 Å². The number of hydrogen-bond donors (Lipinski definition) is 1. The fourth-order valence-corrected chi connectivity index (χ4v) is 2.12. The topological polar surface area (TPSA) is 70.3 Å². The molecule has 1 aromatic carbocycles. The van der Waals surface area contributed by atoms with Gasteiger partial charge in [-0.1, -0.05) is 0 Å². The molecule has 0 amide bonds. The number of aliphatic hydroxyl groups excluding tert-OH is 1. The Bertz CT molecular complexity index is 552. The van der Waals surface area contributed by atoms with Gasteiger partial charge in [-0.05, 0) is 30.8 Å². The minimum absolute atomic E-state index is 0.0300. The van der Waals surface area contributed by atoms with Gasteiger partial charge in [0.25, 0.3) is 0 Å². The van der Waals surface area contributed by atoms with Crippen molar-refractivity contribution in [3.8, 4) is 6.07 Å². The molecule has 0 aliphatic heterocycles. The number of alkyl halides is 3. The Hall–Kier alpha value is -1.72. The van der Waals surface area contributed by atoms with Gasteiger partial charge in [-0.15, -0.1) is 0 Å². The molecular formula is C12H10F3NO3S. The fraction of sp³-hybridized carbons (Fsp3) is 0.333. The molecule has 0 heterocycles. The summed E-state index contributed by atoms with van der Waals surface area (Å²) in [6, 6.07) is 3.60. The van der Waals surface area contributed by atoms with Crippen molar-refractivity contribution in [2.24, 2.45) is 0 Å². The summed E-state index contributed by atoms with van der Waals surface area (Å²) in [5, 5.41) is 18.1. The third-order valence-electron chi connectivity index (χ3n) is 2.23. The van der Waals surface area contributed by atoms with Crippen LogP contribution in [0.25, 0.3) is 0 Å². The second-order valence-corrected chi connectivity index (χ2v) is 4.67. The van der Waals surface area contributed by atoms with Crippen LogP contribution in [0.15, 0.2) is 17.0 Å². The highest BCUT2D eigenvalue weighted by Crippen LogP contribution is 2.38. The first-order valence-electron chi connectivity index (χ1n) is 5.43. The average molecular weight is 305 g/mol. The first-order chi connectivity index (χ1) is 9.32. The molecule has 0 radical (unpaired) electrons. The van der Waals surface area contributed by atoms with Crippen molar-refractivity contribution in [1.29, 1.82) is 5.26 Å². The Balaban J connectivity index is 3.35. The quantitative estimate of drug-likeness (QED) is 0.684. The van der Waals surface area contributed by atoms with E-state index in [4.69, 9.17) is 10.00 Å². The van der Waals surface area contributed by atoms with Crippen LogP contribution in [-0.4, -0.2) is 23.2 Å². The molecule has 0 saturated carbocycles. The van der Waals surface area contributed by atoms with Crippen LogP contribution in [0.3, 0.4) is 0 Å². The summed E-state index contributed by atoms with van der Waals surface area (Å²) in [4.78, 5) is 11.4. The summed E-state index contributed by atoms with van der Waals surface area (Å²) in [6.07, 6.45) is 0. The highest BCUT2D eigenvalue weighted by Gasteiger charge is 2.30. The lowest BCUT2D eigenvalue weighted by molar-refractivity contribution is -0.0328. The van der Waals surface area contributed by atoms with Crippen molar-refractivity contribution >= 4 is 17.7 Å². The Morgan fingerprint density at radius 3 is 2.60 bits per heavy atom. The van der Waals surface area contributed by atoms with E-state index >= 15 is 0 Å². The van der Waals surface area contributed by atoms with Crippen LogP contribution in [0.2, 0.25) is 0 Å². The number of rotatable bonds is 4. The van der Waals surface area contributed by atoms with Gasteiger partial charge in [0, 0.05) is 10.5 Å². The first-order valence-corrected chi connectivity index (χ1v) is 6.24. The predicted molar refractivity (Wildman–Crippen MR) is 64.9 cm³/mol. The molecule has 0 aliphatic carbocycles. The molecule has 0 saturated heterocycles. The third-order valence-corrected chi connectivity index (χ3v) is 2.93. The molecule has 8 heteroatoms. The lowest BCUT2D eigenvalue weighted by Gasteiger charge is -2.12. The SMILES string of the molecule is CCOC(=O)c1cc(SC(F)(F)F)cc(C#N)c1CO. The molecule has 0 fully saturated rings. The van der Waals surface area contributed by atoms with Gasteiger partial charge in [-0.25, -0.2) is 4.79 Å². The Labute approximate surface area is 117 Å². The molecule has 108 valence electrons. The summed E-state index contributed by atoms with van der Waals surface area (Å²) in [7, 11) is 0. The Kier molecular flexibility index (Phi) is 5.42. The Morgan fingerprint density at radius 2 is 2.15 bits per heavy atom. The molecular weight excluding hydrogens is 295 g/mol. The molecule has 1 rings (SSSR count). The van der Waals surface area contributed by atoms with Gasteiger partial charge in [0.1, 0.15) is 0 Å². The largest absolute Gasteiger partial charge is 0.462 e.